The van der Waals surface area contributed by atoms with Gasteiger partial charge in [-0.1, -0.05) is 35.9 Å². The second-order valence-corrected chi connectivity index (χ2v) is 5.21. The van der Waals surface area contributed by atoms with Crippen LogP contribution in [-0.4, -0.2) is 10.6 Å². The lowest BCUT2D eigenvalue weighted by atomic mass is 9.98. The van der Waals surface area contributed by atoms with Crippen LogP contribution in [0.25, 0.3) is 0 Å². The first-order valence-corrected chi connectivity index (χ1v) is 6.84. The van der Waals surface area contributed by atoms with Crippen LogP contribution < -0.4 is 5.43 Å². The van der Waals surface area contributed by atoms with E-state index in [-0.39, 0.29) is 16.7 Å². The summed E-state index contributed by atoms with van der Waals surface area (Å²) in [6.45, 7) is 0. The van der Waals surface area contributed by atoms with Crippen LogP contribution in [0.2, 0.25) is 5.02 Å². The summed E-state index contributed by atoms with van der Waals surface area (Å²) in [4.78, 5) is 10.7. The van der Waals surface area contributed by atoms with Gasteiger partial charge in [-0.25, -0.2) is 0 Å². The zero-order valence-corrected chi connectivity index (χ0v) is 11.7. The first-order chi connectivity index (χ1) is 10.1. The van der Waals surface area contributed by atoms with E-state index in [1.54, 1.807) is 18.2 Å². The second kappa shape index (κ2) is 5.54. The third-order valence-corrected chi connectivity index (χ3v) is 3.69. The van der Waals surface area contributed by atoms with Crippen molar-refractivity contribution in [2.24, 2.45) is 5.10 Å². The Morgan fingerprint density at radius 2 is 1.90 bits per heavy atom. The summed E-state index contributed by atoms with van der Waals surface area (Å²) >= 11 is 5.87. The molecule has 6 heteroatoms. The Labute approximate surface area is 126 Å². The number of para-hydroxylation sites is 1. The third-order valence-electron chi connectivity index (χ3n) is 3.44. The number of hydrazone groups is 1. The highest BCUT2D eigenvalue weighted by atomic mass is 35.5. The maximum atomic E-state index is 11.1. The molecular formula is C15H12ClN3O2. The van der Waals surface area contributed by atoms with E-state index in [2.05, 4.69) is 10.5 Å². The van der Waals surface area contributed by atoms with E-state index in [0.717, 1.165) is 5.56 Å². The van der Waals surface area contributed by atoms with E-state index in [9.17, 15) is 10.1 Å². The minimum absolute atomic E-state index is 0.0112. The summed E-state index contributed by atoms with van der Waals surface area (Å²) in [6.07, 6.45) is 0.604. The fourth-order valence-corrected chi connectivity index (χ4v) is 2.50. The number of hydrogen-bond acceptors (Lipinski definition) is 4. The van der Waals surface area contributed by atoms with Gasteiger partial charge < -0.3 is 5.43 Å². The van der Waals surface area contributed by atoms with Gasteiger partial charge in [0.25, 0.3) is 5.69 Å². The maximum absolute atomic E-state index is 11.1. The van der Waals surface area contributed by atoms with Crippen molar-refractivity contribution in [3.8, 4) is 0 Å². The highest BCUT2D eigenvalue weighted by molar-refractivity contribution is 6.30. The van der Waals surface area contributed by atoms with E-state index < -0.39 is 0 Å². The summed E-state index contributed by atoms with van der Waals surface area (Å²) in [5.74, 6) is 0. The molecule has 0 fully saturated rings. The molecule has 2 aromatic carbocycles. The molecule has 1 aliphatic rings. The quantitative estimate of drug-likeness (QED) is 0.694. The summed E-state index contributed by atoms with van der Waals surface area (Å²) < 4.78 is 0. The number of benzene rings is 2. The van der Waals surface area contributed by atoms with E-state index in [1.807, 2.05) is 24.3 Å². The van der Waals surface area contributed by atoms with Crippen LogP contribution in [0.4, 0.5) is 5.69 Å². The molecule has 0 saturated heterocycles. The maximum Gasteiger partial charge on any atom is 0.278 e. The molecule has 1 aliphatic heterocycles. The van der Waals surface area contributed by atoms with Crippen LogP contribution in [0.5, 0.6) is 0 Å². The smallest absolute Gasteiger partial charge is 0.278 e. The molecule has 0 spiro atoms. The Hall–Kier alpha value is -2.40. The standard InChI is InChI=1S/C15H12ClN3O2/c16-11-7-5-10(6-8-11)13-9-14(18-17-13)12-3-1-2-4-15(12)19(20)21/h1-8,13,17H,9H2. The number of nitro benzene ring substituents is 1. The third kappa shape index (κ3) is 2.73. The van der Waals surface area contributed by atoms with Crippen LogP contribution in [0.3, 0.4) is 0 Å². The molecule has 1 N–H and O–H groups in total. The summed E-state index contributed by atoms with van der Waals surface area (Å²) in [5.41, 5.74) is 5.42. The van der Waals surface area contributed by atoms with Gasteiger partial charge in [0.2, 0.25) is 0 Å². The highest BCUT2D eigenvalue weighted by Gasteiger charge is 2.25. The molecule has 3 rings (SSSR count). The van der Waals surface area contributed by atoms with Gasteiger partial charge in [-0.3, -0.25) is 10.1 Å². The van der Waals surface area contributed by atoms with Crippen LogP contribution in [-0.2, 0) is 0 Å². The lowest BCUT2D eigenvalue weighted by molar-refractivity contribution is -0.385. The van der Waals surface area contributed by atoms with Gasteiger partial charge in [-0.05, 0) is 23.8 Å². The van der Waals surface area contributed by atoms with Crippen molar-refractivity contribution in [2.75, 3.05) is 0 Å². The Balaban J connectivity index is 1.84. The van der Waals surface area contributed by atoms with Gasteiger partial charge in [-0.2, -0.15) is 5.10 Å². The van der Waals surface area contributed by atoms with Crippen molar-refractivity contribution in [2.45, 2.75) is 12.5 Å². The second-order valence-electron chi connectivity index (χ2n) is 4.77. The zero-order valence-electron chi connectivity index (χ0n) is 11.0. The monoisotopic (exact) mass is 301 g/mol. The summed E-state index contributed by atoms with van der Waals surface area (Å²) in [5, 5.41) is 16.0. The lowest BCUT2D eigenvalue weighted by Gasteiger charge is -2.10. The number of rotatable bonds is 3. The van der Waals surface area contributed by atoms with E-state index in [0.29, 0.717) is 22.7 Å². The van der Waals surface area contributed by atoms with Gasteiger partial charge in [-0.15, -0.1) is 0 Å². The van der Waals surface area contributed by atoms with Crippen LogP contribution in [0.1, 0.15) is 23.6 Å². The Morgan fingerprint density at radius 1 is 1.19 bits per heavy atom. The topological polar surface area (TPSA) is 67.5 Å². The number of nitro groups is 1. The molecule has 0 aromatic heterocycles. The van der Waals surface area contributed by atoms with E-state index in [4.69, 9.17) is 11.6 Å². The predicted octanol–water partition coefficient (Wildman–Crippen LogP) is 3.69. The Morgan fingerprint density at radius 3 is 2.62 bits per heavy atom. The van der Waals surface area contributed by atoms with Crippen molar-refractivity contribution in [3.05, 3.63) is 74.8 Å². The largest absolute Gasteiger partial charge is 0.302 e. The van der Waals surface area contributed by atoms with Crippen LogP contribution in [0, 0.1) is 10.1 Å². The zero-order chi connectivity index (χ0) is 14.8. The Kier molecular flexibility index (Phi) is 3.58. The summed E-state index contributed by atoms with van der Waals surface area (Å²) in [6, 6.07) is 14.2. The SMILES string of the molecule is O=[N+]([O-])c1ccccc1C1=NNC(c2ccc(Cl)cc2)C1. The molecule has 0 aliphatic carbocycles. The number of nitrogens with one attached hydrogen (secondary N) is 1. The molecule has 0 saturated carbocycles. The van der Waals surface area contributed by atoms with Gasteiger partial charge in [0, 0.05) is 17.5 Å². The van der Waals surface area contributed by atoms with Crippen molar-refractivity contribution in [1.29, 1.82) is 0 Å². The normalized spacial score (nSPS) is 17.2. The molecule has 0 bridgehead atoms. The Bertz CT molecular complexity index is 713. The molecule has 106 valence electrons. The molecule has 1 unspecified atom stereocenters. The molecule has 0 radical (unpaired) electrons. The van der Waals surface area contributed by atoms with Gasteiger partial charge in [0.05, 0.1) is 22.2 Å². The molecule has 2 aromatic rings. The molecule has 21 heavy (non-hydrogen) atoms. The molecule has 1 atom stereocenters. The van der Waals surface area contributed by atoms with Crippen LogP contribution >= 0.6 is 11.6 Å². The fraction of sp³-hybridized carbons (Fsp3) is 0.133. The number of hydrogen-bond donors (Lipinski definition) is 1. The van der Waals surface area contributed by atoms with E-state index in [1.165, 1.54) is 6.07 Å². The fourth-order valence-electron chi connectivity index (χ4n) is 2.38. The minimum Gasteiger partial charge on any atom is -0.302 e. The first kappa shape index (κ1) is 13.6. The minimum atomic E-state index is -0.381. The van der Waals surface area contributed by atoms with E-state index >= 15 is 0 Å². The van der Waals surface area contributed by atoms with Crippen LogP contribution in [0.15, 0.2) is 53.6 Å². The highest BCUT2D eigenvalue weighted by Crippen LogP contribution is 2.28. The number of nitrogens with zero attached hydrogens (tertiary/aromatic N) is 2. The van der Waals surface area contributed by atoms with Gasteiger partial charge >= 0.3 is 0 Å². The lowest BCUT2D eigenvalue weighted by Crippen LogP contribution is -2.09. The first-order valence-electron chi connectivity index (χ1n) is 6.46. The molecule has 1 heterocycles. The van der Waals surface area contributed by atoms with Crippen molar-refractivity contribution < 1.29 is 4.92 Å². The van der Waals surface area contributed by atoms with Crippen molar-refractivity contribution in [1.82, 2.24) is 5.43 Å². The summed E-state index contributed by atoms with van der Waals surface area (Å²) in [7, 11) is 0. The van der Waals surface area contributed by atoms with Crippen molar-refractivity contribution >= 4 is 23.0 Å². The average molecular weight is 302 g/mol. The average Bonchev–Trinajstić information content (AvgIpc) is 2.97. The number of halogens is 1. The predicted molar refractivity (Wildman–Crippen MR) is 81.6 cm³/mol. The molecule has 0 amide bonds. The van der Waals surface area contributed by atoms with Gasteiger partial charge in [0.15, 0.2) is 0 Å². The van der Waals surface area contributed by atoms with Crippen molar-refractivity contribution in [3.63, 3.8) is 0 Å². The molecular weight excluding hydrogens is 290 g/mol. The van der Waals surface area contributed by atoms with Gasteiger partial charge in [0.1, 0.15) is 0 Å². The molecule has 5 nitrogen and oxygen atoms in total.